The van der Waals surface area contributed by atoms with Crippen molar-refractivity contribution >= 4 is 92.5 Å². The van der Waals surface area contributed by atoms with Crippen LogP contribution in [0.4, 0.5) is 0 Å². The molecule has 3 aromatic rings. The number of aliphatic carboxylic acids is 1. The van der Waals surface area contributed by atoms with Gasteiger partial charge in [0, 0.05) is 55.7 Å². The van der Waals surface area contributed by atoms with Crippen LogP contribution in [0.15, 0.2) is 79.1 Å². The number of pyridine rings is 1. The zero-order valence-electron chi connectivity index (χ0n) is 51.2. The molecule has 2 saturated heterocycles. The Balaban J connectivity index is 1.61. The summed E-state index contributed by atoms with van der Waals surface area (Å²) in [7, 11) is 1.84. The van der Waals surface area contributed by atoms with E-state index in [1.807, 2.05) is 13.8 Å². The van der Waals surface area contributed by atoms with Crippen molar-refractivity contribution in [3.8, 4) is 5.75 Å². The van der Waals surface area contributed by atoms with Crippen LogP contribution < -0.4 is 64.6 Å². The quantitative estimate of drug-likeness (QED) is 0.0522. The molecule has 0 bridgehead atoms. The maximum absolute atomic E-state index is 14.9. The Morgan fingerprint density at radius 1 is 0.700 bits per heavy atom. The van der Waals surface area contributed by atoms with Crippen LogP contribution >= 0.6 is 21.6 Å². The summed E-state index contributed by atoms with van der Waals surface area (Å²) in [5, 5.41) is 46.7. The zero-order valence-corrected chi connectivity index (χ0v) is 52.8. The number of benzene rings is 2. The fourth-order valence-corrected chi connectivity index (χ4v) is 11.9. The van der Waals surface area contributed by atoms with Crippen molar-refractivity contribution in [2.45, 2.75) is 153 Å². The van der Waals surface area contributed by atoms with E-state index in [1.165, 1.54) is 41.6 Å². The van der Waals surface area contributed by atoms with Gasteiger partial charge in [0.1, 0.15) is 60.1 Å². The number of carbonyl (C=O) groups excluding carboxylic acids is 11. The predicted octanol–water partition coefficient (Wildman–Crippen LogP) is -1.82. The lowest BCUT2D eigenvalue weighted by Crippen LogP contribution is -2.61. The fourth-order valence-electron chi connectivity index (χ4n) is 9.58. The molecule has 2 aromatic carbocycles. The molecule has 0 spiro atoms. The van der Waals surface area contributed by atoms with Gasteiger partial charge in [-0.15, -0.1) is 0 Å². The molecule has 2 fully saturated rings. The summed E-state index contributed by atoms with van der Waals surface area (Å²) >= 11 is 0. The van der Waals surface area contributed by atoms with Crippen molar-refractivity contribution in [3.63, 3.8) is 0 Å². The number of rotatable bonds is 21. The van der Waals surface area contributed by atoms with Crippen molar-refractivity contribution < 1.29 is 67.7 Å². The molecule has 0 radical (unpaired) electrons. The van der Waals surface area contributed by atoms with Crippen LogP contribution in [-0.2, 0) is 76.8 Å². The highest BCUT2D eigenvalue weighted by atomic mass is 33.1. The zero-order chi connectivity index (χ0) is 66.2. The average Bonchev–Trinajstić information content (AvgIpc) is 3.56. The summed E-state index contributed by atoms with van der Waals surface area (Å²) in [4.78, 5) is 174. The number of phenolic OH excluding ortho intramolecular Hbond substituents is 1. The number of aromatic nitrogens is 1. The van der Waals surface area contributed by atoms with E-state index in [4.69, 9.17) is 11.5 Å². The van der Waals surface area contributed by atoms with Gasteiger partial charge in [-0.1, -0.05) is 112 Å². The topological polar surface area (TPSA) is 434 Å². The van der Waals surface area contributed by atoms with Crippen LogP contribution in [-0.4, -0.2) is 189 Å². The number of aromatic hydroxyl groups is 1. The molecule has 2 aliphatic heterocycles. The van der Waals surface area contributed by atoms with Gasteiger partial charge in [0.2, 0.25) is 65.0 Å². The number of carboxylic acid groups (broad SMARTS) is 1. The van der Waals surface area contributed by atoms with Gasteiger partial charge in [0.05, 0.1) is 19.0 Å². The van der Waals surface area contributed by atoms with Crippen molar-refractivity contribution in [2.24, 2.45) is 23.3 Å². The first kappa shape index (κ1) is 72.4. The summed E-state index contributed by atoms with van der Waals surface area (Å²) in [6.45, 7) is 9.67. The molecule has 90 heavy (non-hydrogen) atoms. The minimum Gasteiger partial charge on any atom is -0.508 e. The third kappa shape index (κ3) is 23.2. The van der Waals surface area contributed by atoms with Gasteiger partial charge in [-0.3, -0.25) is 62.5 Å². The lowest BCUT2D eigenvalue weighted by atomic mass is 10.0. The largest absolute Gasteiger partial charge is 0.508 e. The smallest absolute Gasteiger partial charge is 0.305 e. The van der Waals surface area contributed by atoms with Gasteiger partial charge in [-0.25, -0.2) is 0 Å². The van der Waals surface area contributed by atoms with Crippen LogP contribution in [0, 0.1) is 11.8 Å². The lowest BCUT2D eigenvalue weighted by Gasteiger charge is -2.29. The first-order chi connectivity index (χ1) is 42.7. The molecule has 5 rings (SSSR count). The van der Waals surface area contributed by atoms with E-state index >= 15 is 0 Å². The summed E-state index contributed by atoms with van der Waals surface area (Å²) in [5.74, 6) is -13.1. The second-order valence-corrected chi connectivity index (χ2v) is 25.5. The SMILES string of the molecule is CC(C)NCC[C@@H]1NC(=O)[C@@H](NC(=O)[C@H](Cc2ccc(O)cc2)NC(=O)[C@@H](N)C(C)C)CSSC[C@@H](C(=O)N[C@@H](Cc2cccnc2)C(N)=O)NC(=O)[C@H](Cc2ccccc2)NC(=O)[C@@H]2CCCN2C(=O)CNC(=O)[C@H](C(C)C)NC(=O)[C@H](CC(=O)O)NC1=O. The Morgan fingerprint density at radius 3 is 1.97 bits per heavy atom. The van der Waals surface area contributed by atoms with Crippen LogP contribution in [0.5, 0.6) is 5.75 Å². The normalized spacial score (nSPS) is 22.3. The summed E-state index contributed by atoms with van der Waals surface area (Å²) in [6, 6.07) is 3.19. The summed E-state index contributed by atoms with van der Waals surface area (Å²) in [6.07, 6.45) is 1.93. The molecule has 1 aromatic heterocycles. The van der Waals surface area contributed by atoms with Crippen LogP contribution in [0.25, 0.3) is 0 Å². The van der Waals surface area contributed by atoms with Crippen LogP contribution in [0.2, 0.25) is 0 Å². The van der Waals surface area contributed by atoms with Gasteiger partial charge >= 0.3 is 5.97 Å². The Morgan fingerprint density at radius 2 is 1.33 bits per heavy atom. The Bertz CT molecular complexity index is 2980. The third-order valence-corrected chi connectivity index (χ3v) is 17.2. The number of nitrogens with two attached hydrogens (primary N) is 2. The van der Waals surface area contributed by atoms with E-state index in [9.17, 15) is 67.7 Å². The number of amides is 11. The standard InChI is InChI=1S/C60H84N14O14S2/c1-32(2)49(61)59(87)70-42(25-36-16-18-38(75)19-17-36)54(82)71-44-30-89-90-31-45(57(85)67-40(51(62)79)26-37-14-10-21-63-28-37)72-53(81)41(24-35-12-8-7-9-13-35)69-58(86)46-15-11-23-74(46)47(76)29-65-60(88)50(33(3)4)73-55(83)43(27-48(77)78)68-52(80)39(66-56(44)84)20-22-64-34(5)6/h7-10,12-14,16-19,21,28,32-34,39-46,49-50,64,75H,11,15,20,22-27,29-31,61H2,1-6H3,(H2,62,79)(H,65,88)(H,66,84)(H,67,85)(H,68,80)(H,69,86)(H,70,87)(H,71,82)(H,72,81)(H,73,83)(H,77,78)/t39-,40-,41-,42-,43-,44-,45-,46-,49-,50-/m0/s1. The molecule has 490 valence electrons. The molecule has 11 amide bonds. The van der Waals surface area contributed by atoms with E-state index in [0.29, 0.717) is 23.1 Å². The predicted molar refractivity (Wildman–Crippen MR) is 335 cm³/mol. The number of nitrogens with one attached hydrogen (secondary N) is 10. The van der Waals surface area contributed by atoms with Gasteiger partial charge < -0.3 is 79.7 Å². The minimum absolute atomic E-state index is 0.0701. The number of carbonyl (C=O) groups is 12. The monoisotopic (exact) mass is 1290 g/mol. The number of phenols is 1. The first-order valence-electron chi connectivity index (χ1n) is 29.7. The van der Waals surface area contributed by atoms with Gasteiger partial charge in [-0.2, -0.15) is 0 Å². The summed E-state index contributed by atoms with van der Waals surface area (Å²) in [5.41, 5.74) is 13.6. The average molecular weight is 1290 g/mol. The number of nitrogens with zero attached hydrogens (tertiary/aromatic N) is 2. The van der Waals surface area contributed by atoms with E-state index in [-0.39, 0.29) is 74.4 Å². The molecular formula is C60H84N14O14S2. The molecule has 16 N–H and O–H groups in total. The number of fused-ring (bicyclic) bond motifs is 1. The van der Waals surface area contributed by atoms with Crippen molar-refractivity contribution in [2.75, 3.05) is 31.1 Å². The Hall–Kier alpha value is -8.35. The highest BCUT2D eigenvalue weighted by Crippen LogP contribution is 2.25. The summed E-state index contributed by atoms with van der Waals surface area (Å²) < 4.78 is 0. The van der Waals surface area contributed by atoms with Crippen molar-refractivity contribution in [3.05, 3.63) is 95.8 Å². The lowest BCUT2D eigenvalue weighted by molar-refractivity contribution is -0.142. The second kappa shape index (κ2) is 35.7. The van der Waals surface area contributed by atoms with Gasteiger partial charge in [0.25, 0.3) is 0 Å². The maximum atomic E-state index is 14.9. The van der Waals surface area contributed by atoms with E-state index < -0.39 is 150 Å². The van der Waals surface area contributed by atoms with Crippen LogP contribution in [0.1, 0.15) is 83.9 Å². The molecule has 0 unspecified atom stereocenters. The highest BCUT2D eigenvalue weighted by Gasteiger charge is 2.39. The number of hydrogen-bond acceptors (Lipinski definition) is 18. The molecule has 0 saturated carbocycles. The molecule has 3 heterocycles. The van der Waals surface area contributed by atoms with Crippen LogP contribution in [0.3, 0.4) is 0 Å². The van der Waals surface area contributed by atoms with E-state index in [1.54, 1.807) is 70.2 Å². The third-order valence-electron chi connectivity index (χ3n) is 14.8. The Labute approximate surface area is 530 Å². The minimum atomic E-state index is -1.85. The fraction of sp³-hybridized carbons (Fsp3) is 0.517. The molecular weight excluding hydrogens is 1200 g/mol. The van der Waals surface area contributed by atoms with E-state index in [2.05, 4.69) is 58.2 Å². The number of primary amides is 1. The Kier molecular flexibility index (Phi) is 28.7. The molecule has 2 aliphatic rings. The first-order valence-corrected chi connectivity index (χ1v) is 32.1. The molecule has 28 nitrogen and oxygen atoms in total. The van der Waals surface area contributed by atoms with E-state index in [0.717, 1.165) is 21.6 Å². The molecule has 30 heteroatoms. The molecule has 0 aliphatic carbocycles. The number of carboxylic acids is 1. The van der Waals surface area contributed by atoms with Gasteiger partial charge in [-0.05, 0) is 72.5 Å². The second-order valence-electron chi connectivity index (χ2n) is 23.0. The van der Waals surface area contributed by atoms with Crippen molar-refractivity contribution in [1.82, 2.24) is 63.1 Å². The van der Waals surface area contributed by atoms with Gasteiger partial charge in [0.15, 0.2) is 0 Å². The maximum Gasteiger partial charge on any atom is 0.305 e. The highest BCUT2D eigenvalue weighted by molar-refractivity contribution is 8.76. The van der Waals surface area contributed by atoms with Crippen molar-refractivity contribution in [1.29, 1.82) is 0 Å². The molecule has 10 atom stereocenters. The number of hydrogen-bond donors (Lipinski definition) is 14.